The molecule has 8 heteroatoms. The zero-order valence-electron chi connectivity index (χ0n) is 14.9. The number of rotatable bonds is 8. The van der Waals surface area contributed by atoms with E-state index in [0.29, 0.717) is 11.9 Å². The van der Waals surface area contributed by atoms with Gasteiger partial charge in [-0.2, -0.15) is 4.98 Å². The topological polar surface area (TPSA) is 103 Å². The van der Waals surface area contributed by atoms with E-state index in [-0.39, 0.29) is 12.1 Å². The minimum Gasteiger partial charge on any atom is -0.396 e. The molecule has 1 aromatic heterocycles. The van der Waals surface area contributed by atoms with Gasteiger partial charge >= 0.3 is 0 Å². The highest BCUT2D eigenvalue weighted by molar-refractivity contribution is 6.30. The molecule has 3 rings (SSSR count). The summed E-state index contributed by atoms with van der Waals surface area (Å²) in [6, 6.07) is 8.02. The fraction of sp³-hybridized carbons (Fsp3) is 0.556. The van der Waals surface area contributed by atoms with Gasteiger partial charge < -0.3 is 21.1 Å². The van der Waals surface area contributed by atoms with Crippen LogP contribution in [0, 0.1) is 0 Å². The van der Waals surface area contributed by atoms with Crippen LogP contribution < -0.4 is 16.0 Å². The molecule has 26 heavy (non-hydrogen) atoms. The number of nitrogen functional groups attached to an aromatic ring is 1. The van der Waals surface area contributed by atoms with Crippen molar-refractivity contribution in [3.05, 3.63) is 34.9 Å². The van der Waals surface area contributed by atoms with Crippen molar-refractivity contribution in [1.82, 2.24) is 20.5 Å². The van der Waals surface area contributed by atoms with Crippen molar-refractivity contribution in [2.24, 2.45) is 0 Å². The number of hydrogen-bond donors (Lipinski definition) is 4. The quantitative estimate of drug-likeness (QED) is 0.524. The second-order valence-corrected chi connectivity index (χ2v) is 7.35. The standard InChI is InChI=1S/C18H27ClN6O/c19-15-5-3-14(4-6-15)2-1-10-21-18(9-13-26)7-11-25(12-8-18)17-22-16(20)23-24-17/h3-6,21,26H,1-2,7-13H2,(H3,20,22,23,24). The van der Waals surface area contributed by atoms with Gasteiger partial charge in [-0.25, -0.2) is 5.10 Å². The number of piperidine rings is 1. The molecule has 0 radical (unpaired) electrons. The number of H-pyrrole nitrogens is 1. The molecule has 1 aromatic carbocycles. The lowest BCUT2D eigenvalue weighted by Gasteiger charge is -2.42. The highest BCUT2D eigenvalue weighted by Crippen LogP contribution is 2.27. The van der Waals surface area contributed by atoms with E-state index in [9.17, 15) is 5.11 Å². The third-order valence-corrected chi connectivity index (χ3v) is 5.39. The number of nitrogens with zero attached hydrogens (tertiary/aromatic N) is 3. The molecule has 7 nitrogen and oxygen atoms in total. The Bertz CT molecular complexity index is 681. The Morgan fingerprint density at radius 3 is 2.62 bits per heavy atom. The molecule has 5 N–H and O–H groups in total. The third kappa shape index (κ3) is 4.87. The lowest BCUT2D eigenvalue weighted by Crippen LogP contribution is -2.54. The summed E-state index contributed by atoms with van der Waals surface area (Å²) in [6.07, 6.45) is 4.72. The minimum absolute atomic E-state index is 0.0207. The van der Waals surface area contributed by atoms with Crippen molar-refractivity contribution >= 4 is 23.5 Å². The Hall–Kier alpha value is -1.83. The first-order chi connectivity index (χ1) is 12.6. The Labute approximate surface area is 158 Å². The van der Waals surface area contributed by atoms with E-state index < -0.39 is 0 Å². The summed E-state index contributed by atoms with van der Waals surface area (Å²) >= 11 is 5.93. The van der Waals surface area contributed by atoms with E-state index >= 15 is 0 Å². The lowest BCUT2D eigenvalue weighted by atomic mass is 9.84. The number of aryl methyl sites for hydroxylation is 1. The molecule has 0 aliphatic carbocycles. The van der Waals surface area contributed by atoms with E-state index in [1.807, 2.05) is 12.1 Å². The van der Waals surface area contributed by atoms with Gasteiger partial charge in [0.15, 0.2) is 0 Å². The van der Waals surface area contributed by atoms with Crippen LogP contribution in [-0.4, -0.2) is 52.1 Å². The van der Waals surface area contributed by atoms with Crippen molar-refractivity contribution in [3.63, 3.8) is 0 Å². The van der Waals surface area contributed by atoms with Gasteiger partial charge in [-0.15, -0.1) is 5.10 Å². The summed E-state index contributed by atoms with van der Waals surface area (Å²) < 4.78 is 0. The van der Waals surface area contributed by atoms with E-state index in [4.69, 9.17) is 17.3 Å². The van der Waals surface area contributed by atoms with Gasteiger partial charge in [0.1, 0.15) is 0 Å². The minimum atomic E-state index is -0.0207. The van der Waals surface area contributed by atoms with E-state index in [1.54, 1.807) is 0 Å². The van der Waals surface area contributed by atoms with E-state index in [1.165, 1.54) is 5.56 Å². The zero-order valence-corrected chi connectivity index (χ0v) is 15.7. The van der Waals surface area contributed by atoms with E-state index in [0.717, 1.165) is 56.8 Å². The fourth-order valence-corrected chi connectivity index (χ4v) is 3.69. The molecule has 1 aliphatic rings. The zero-order chi connectivity index (χ0) is 18.4. The molecule has 0 bridgehead atoms. The molecule has 1 fully saturated rings. The van der Waals surface area contributed by atoms with Crippen LogP contribution in [0.5, 0.6) is 0 Å². The monoisotopic (exact) mass is 378 g/mol. The summed E-state index contributed by atoms with van der Waals surface area (Å²) in [4.78, 5) is 6.34. The lowest BCUT2D eigenvalue weighted by molar-refractivity contribution is 0.179. The molecule has 0 amide bonds. The fourth-order valence-electron chi connectivity index (χ4n) is 3.57. The molecular formula is C18H27ClN6O. The van der Waals surface area contributed by atoms with Gasteiger partial charge in [0.2, 0.25) is 11.9 Å². The first-order valence-electron chi connectivity index (χ1n) is 9.13. The van der Waals surface area contributed by atoms with Gasteiger partial charge in [-0.1, -0.05) is 23.7 Å². The summed E-state index contributed by atoms with van der Waals surface area (Å²) in [5, 5.41) is 20.8. The SMILES string of the molecule is Nc1nc(N2CCC(CCO)(NCCCc3ccc(Cl)cc3)CC2)n[nH]1. The number of nitrogens with one attached hydrogen (secondary N) is 2. The van der Waals surface area contributed by atoms with Crippen molar-refractivity contribution in [2.75, 3.05) is 36.9 Å². The molecule has 0 spiro atoms. The average molecular weight is 379 g/mol. The normalized spacial score (nSPS) is 16.8. The largest absolute Gasteiger partial charge is 0.396 e. The number of benzene rings is 1. The highest BCUT2D eigenvalue weighted by Gasteiger charge is 2.34. The van der Waals surface area contributed by atoms with Crippen LogP contribution in [0.15, 0.2) is 24.3 Å². The highest BCUT2D eigenvalue weighted by atomic mass is 35.5. The first kappa shape index (κ1) is 18.9. The molecule has 0 unspecified atom stereocenters. The summed E-state index contributed by atoms with van der Waals surface area (Å²) in [6.45, 7) is 2.82. The summed E-state index contributed by atoms with van der Waals surface area (Å²) in [7, 11) is 0. The predicted molar refractivity (Wildman–Crippen MR) is 104 cm³/mol. The Morgan fingerprint density at radius 1 is 1.27 bits per heavy atom. The maximum atomic E-state index is 9.52. The molecule has 0 saturated carbocycles. The van der Waals surface area contributed by atoms with Gasteiger partial charge in [-0.3, -0.25) is 0 Å². The van der Waals surface area contributed by atoms with Crippen molar-refractivity contribution in [3.8, 4) is 0 Å². The number of hydrogen-bond acceptors (Lipinski definition) is 6. The van der Waals surface area contributed by atoms with Crippen molar-refractivity contribution in [1.29, 1.82) is 0 Å². The number of aromatic amines is 1. The second kappa shape index (κ2) is 8.70. The van der Waals surface area contributed by atoms with Crippen LogP contribution in [0.4, 0.5) is 11.9 Å². The number of aromatic nitrogens is 3. The second-order valence-electron chi connectivity index (χ2n) is 6.92. The molecule has 1 aliphatic heterocycles. The number of anilines is 2. The van der Waals surface area contributed by atoms with Gasteiger partial charge in [0.05, 0.1) is 0 Å². The molecule has 142 valence electrons. The number of aliphatic hydroxyl groups is 1. The van der Waals surface area contributed by atoms with Gasteiger partial charge in [0, 0.05) is 30.3 Å². The van der Waals surface area contributed by atoms with Crippen molar-refractivity contribution in [2.45, 2.75) is 37.6 Å². The smallest absolute Gasteiger partial charge is 0.246 e. The number of nitrogens with two attached hydrogens (primary N) is 1. The summed E-state index contributed by atoms with van der Waals surface area (Å²) in [5.74, 6) is 0.996. The number of aliphatic hydroxyl groups excluding tert-OH is 1. The maximum Gasteiger partial charge on any atom is 0.246 e. The van der Waals surface area contributed by atoms with Crippen LogP contribution in [0.3, 0.4) is 0 Å². The molecule has 2 aromatic rings. The number of halogens is 1. The molecule has 1 saturated heterocycles. The Morgan fingerprint density at radius 2 is 2.00 bits per heavy atom. The van der Waals surface area contributed by atoms with Gasteiger partial charge in [0.25, 0.3) is 0 Å². The van der Waals surface area contributed by atoms with Crippen LogP contribution >= 0.6 is 11.6 Å². The van der Waals surface area contributed by atoms with Crippen LogP contribution in [-0.2, 0) is 6.42 Å². The predicted octanol–water partition coefficient (Wildman–Crippen LogP) is 1.98. The van der Waals surface area contributed by atoms with Crippen molar-refractivity contribution < 1.29 is 5.11 Å². The van der Waals surface area contributed by atoms with Gasteiger partial charge in [-0.05, 0) is 56.3 Å². The summed E-state index contributed by atoms with van der Waals surface area (Å²) in [5.41, 5.74) is 6.89. The van der Waals surface area contributed by atoms with Crippen LogP contribution in [0.25, 0.3) is 0 Å². The Kier molecular flexibility index (Phi) is 6.34. The Balaban J connectivity index is 1.48. The average Bonchev–Trinajstić information content (AvgIpc) is 3.08. The maximum absolute atomic E-state index is 9.52. The van der Waals surface area contributed by atoms with Crippen LogP contribution in [0.1, 0.15) is 31.2 Å². The molecule has 0 atom stereocenters. The van der Waals surface area contributed by atoms with Crippen LogP contribution in [0.2, 0.25) is 5.02 Å². The molecular weight excluding hydrogens is 352 g/mol. The first-order valence-corrected chi connectivity index (χ1v) is 9.51. The third-order valence-electron chi connectivity index (χ3n) is 5.14. The van der Waals surface area contributed by atoms with E-state index in [2.05, 4.69) is 37.5 Å². The molecule has 2 heterocycles.